The van der Waals surface area contributed by atoms with Crippen LogP contribution in [0.2, 0.25) is 0 Å². The molecule has 5 heteroatoms. The van der Waals surface area contributed by atoms with Crippen molar-refractivity contribution < 1.29 is 9.59 Å². The van der Waals surface area contributed by atoms with Gasteiger partial charge >= 0.3 is 11.8 Å². The van der Waals surface area contributed by atoms with Gasteiger partial charge in [0.15, 0.2) is 0 Å². The van der Waals surface area contributed by atoms with Gasteiger partial charge in [-0.15, -0.1) is 0 Å². The molecule has 0 bridgehead atoms. The molecule has 26 heavy (non-hydrogen) atoms. The molecule has 0 aliphatic carbocycles. The maximum absolute atomic E-state index is 12.6. The topological polar surface area (TPSA) is 62.3 Å². The molecule has 138 valence electrons. The molecular formula is C21H27N3O2. The first kappa shape index (κ1) is 19.6. The molecule has 0 aliphatic heterocycles. The summed E-state index contributed by atoms with van der Waals surface area (Å²) in [5, 5.41) is 2.79. The molecule has 0 aliphatic rings. The Morgan fingerprint density at radius 1 is 1.08 bits per heavy atom. The quantitative estimate of drug-likeness (QED) is 0.838. The minimum Gasteiger partial charge on any atom is -0.334 e. The first-order valence-corrected chi connectivity index (χ1v) is 8.91. The van der Waals surface area contributed by atoms with Crippen LogP contribution in [0, 0.1) is 0 Å². The third kappa shape index (κ3) is 5.15. The second-order valence-corrected chi connectivity index (χ2v) is 7.24. The van der Waals surface area contributed by atoms with Crippen molar-refractivity contribution in [2.75, 3.05) is 18.4 Å². The van der Waals surface area contributed by atoms with Crippen molar-refractivity contribution in [2.45, 2.75) is 39.5 Å². The number of likely N-dealkylation sites (N-methyl/N-ethyl adjacent to an activating group) is 1. The number of benzene rings is 1. The zero-order chi connectivity index (χ0) is 19.2. The summed E-state index contributed by atoms with van der Waals surface area (Å²) in [6.07, 6.45) is 4.14. The normalized spacial score (nSPS) is 11.1. The van der Waals surface area contributed by atoms with Crippen LogP contribution >= 0.6 is 0 Å². The average molecular weight is 353 g/mol. The number of nitrogens with zero attached hydrogens (tertiary/aromatic N) is 2. The van der Waals surface area contributed by atoms with Gasteiger partial charge in [-0.3, -0.25) is 14.6 Å². The average Bonchev–Trinajstić information content (AvgIpc) is 2.62. The number of para-hydroxylation sites is 1. The molecule has 1 aromatic carbocycles. The van der Waals surface area contributed by atoms with Crippen LogP contribution in [0.15, 0.2) is 48.8 Å². The lowest BCUT2D eigenvalue weighted by Crippen LogP contribution is -2.41. The van der Waals surface area contributed by atoms with Crippen LogP contribution in [0.1, 0.15) is 38.8 Å². The molecule has 0 fully saturated rings. The van der Waals surface area contributed by atoms with Gasteiger partial charge in [-0.2, -0.15) is 0 Å². The van der Waals surface area contributed by atoms with Gasteiger partial charge in [-0.05, 0) is 48.1 Å². The van der Waals surface area contributed by atoms with E-state index in [4.69, 9.17) is 0 Å². The summed E-state index contributed by atoms with van der Waals surface area (Å²) in [5.74, 6) is -1.11. The SMILES string of the molecule is CCN(CCc1ccncc1)C(=O)C(=O)Nc1ccccc1C(C)(C)C. The number of hydrogen-bond acceptors (Lipinski definition) is 3. The van der Waals surface area contributed by atoms with Crippen LogP contribution in [0.25, 0.3) is 0 Å². The minimum absolute atomic E-state index is 0.126. The Labute approximate surface area is 155 Å². The van der Waals surface area contributed by atoms with Crippen molar-refractivity contribution in [2.24, 2.45) is 0 Å². The van der Waals surface area contributed by atoms with Crippen LogP contribution in [-0.4, -0.2) is 34.8 Å². The molecule has 2 rings (SSSR count). The highest BCUT2D eigenvalue weighted by molar-refractivity contribution is 6.39. The zero-order valence-corrected chi connectivity index (χ0v) is 16.0. The Morgan fingerprint density at radius 2 is 1.73 bits per heavy atom. The predicted octanol–water partition coefficient (Wildman–Crippen LogP) is 3.41. The molecule has 5 nitrogen and oxygen atoms in total. The van der Waals surface area contributed by atoms with Crippen molar-refractivity contribution in [1.82, 2.24) is 9.88 Å². The highest BCUT2D eigenvalue weighted by Gasteiger charge is 2.23. The summed E-state index contributed by atoms with van der Waals surface area (Å²) in [4.78, 5) is 30.6. The second-order valence-electron chi connectivity index (χ2n) is 7.24. The van der Waals surface area contributed by atoms with Gasteiger partial charge in [-0.25, -0.2) is 0 Å². The number of pyridine rings is 1. The lowest BCUT2D eigenvalue weighted by molar-refractivity contribution is -0.143. The fraction of sp³-hybridized carbons (Fsp3) is 0.381. The molecule has 0 atom stereocenters. The molecule has 0 spiro atoms. The summed E-state index contributed by atoms with van der Waals surface area (Å²) in [7, 11) is 0. The number of amides is 2. The maximum atomic E-state index is 12.6. The van der Waals surface area contributed by atoms with Gasteiger partial charge in [-0.1, -0.05) is 39.0 Å². The zero-order valence-electron chi connectivity index (χ0n) is 16.0. The molecule has 2 amide bonds. The standard InChI is InChI=1S/C21H27N3O2/c1-5-24(15-12-16-10-13-22-14-11-16)20(26)19(25)23-18-9-7-6-8-17(18)21(2,3)4/h6-11,13-14H,5,12,15H2,1-4H3,(H,23,25). The third-order valence-corrected chi connectivity index (χ3v) is 4.27. The Hall–Kier alpha value is -2.69. The molecule has 0 radical (unpaired) electrons. The van der Waals surface area contributed by atoms with Crippen LogP contribution in [0.4, 0.5) is 5.69 Å². The van der Waals surface area contributed by atoms with Crippen molar-refractivity contribution in [1.29, 1.82) is 0 Å². The van der Waals surface area contributed by atoms with Gasteiger partial charge < -0.3 is 10.2 Å². The summed E-state index contributed by atoms with van der Waals surface area (Å²) in [5.41, 5.74) is 2.65. The Kier molecular flexibility index (Phi) is 6.50. The molecule has 2 aromatic rings. The van der Waals surface area contributed by atoms with Crippen molar-refractivity contribution >= 4 is 17.5 Å². The number of carbonyl (C=O) groups is 2. The summed E-state index contributed by atoms with van der Waals surface area (Å²) < 4.78 is 0. The smallest absolute Gasteiger partial charge is 0.313 e. The molecule has 0 unspecified atom stereocenters. The summed E-state index contributed by atoms with van der Waals surface area (Å²) in [6, 6.07) is 11.4. The lowest BCUT2D eigenvalue weighted by atomic mass is 9.86. The van der Waals surface area contributed by atoms with Gasteiger partial charge in [0.2, 0.25) is 0 Å². The van der Waals surface area contributed by atoms with Crippen molar-refractivity contribution in [3.63, 3.8) is 0 Å². The van der Waals surface area contributed by atoms with E-state index in [2.05, 4.69) is 31.1 Å². The lowest BCUT2D eigenvalue weighted by Gasteiger charge is -2.24. The molecule has 1 N–H and O–H groups in total. The number of anilines is 1. The van der Waals surface area contributed by atoms with Crippen LogP contribution in [0.5, 0.6) is 0 Å². The number of hydrogen-bond donors (Lipinski definition) is 1. The van der Waals surface area contributed by atoms with Crippen molar-refractivity contribution in [3.05, 3.63) is 59.9 Å². The first-order chi connectivity index (χ1) is 12.3. The number of rotatable bonds is 5. The number of carbonyl (C=O) groups excluding carboxylic acids is 2. The summed E-state index contributed by atoms with van der Waals surface area (Å²) in [6.45, 7) is 9.08. The highest BCUT2D eigenvalue weighted by Crippen LogP contribution is 2.29. The van der Waals surface area contributed by atoms with Gasteiger partial charge in [0.25, 0.3) is 0 Å². The van der Waals surface area contributed by atoms with E-state index in [1.54, 1.807) is 17.3 Å². The van der Waals surface area contributed by atoms with Gasteiger partial charge in [0.05, 0.1) is 0 Å². The monoisotopic (exact) mass is 353 g/mol. The van der Waals surface area contributed by atoms with E-state index in [1.807, 2.05) is 43.3 Å². The molecule has 0 saturated heterocycles. The van der Waals surface area contributed by atoms with Crippen LogP contribution < -0.4 is 5.32 Å². The van der Waals surface area contributed by atoms with E-state index in [1.165, 1.54) is 0 Å². The van der Waals surface area contributed by atoms with E-state index in [0.717, 1.165) is 11.1 Å². The summed E-state index contributed by atoms with van der Waals surface area (Å²) >= 11 is 0. The van der Waals surface area contributed by atoms with E-state index >= 15 is 0 Å². The Balaban J connectivity index is 2.05. The molecule has 1 aromatic heterocycles. The van der Waals surface area contributed by atoms with E-state index < -0.39 is 11.8 Å². The Bertz CT molecular complexity index is 751. The van der Waals surface area contributed by atoms with Gasteiger partial charge in [0.1, 0.15) is 0 Å². The van der Waals surface area contributed by atoms with Crippen LogP contribution in [0.3, 0.4) is 0 Å². The van der Waals surface area contributed by atoms with Gasteiger partial charge in [0, 0.05) is 31.2 Å². The predicted molar refractivity (Wildman–Crippen MR) is 104 cm³/mol. The van der Waals surface area contributed by atoms with E-state index in [9.17, 15) is 9.59 Å². The second kappa shape index (κ2) is 8.61. The molecule has 1 heterocycles. The number of aromatic nitrogens is 1. The van der Waals surface area contributed by atoms with E-state index in [0.29, 0.717) is 25.2 Å². The molecular weight excluding hydrogens is 326 g/mol. The molecule has 0 saturated carbocycles. The fourth-order valence-corrected chi connectivity index (χ4v) is 2.78. The maximum Gasteiger partial charge on any atom is 0.313 e. The third-order valence-electron chi connectivity index (χ3n) is 4.27. The highest BCUT2D eigenvalue weighted by atomic mass is 16.2. The minimum atomic E-state index is -0.599. The number of nitrogens with one attached hydrogen (secondary N) is 1. The van der Waals surface area contributed by atoms with Crippen molar-refractivity contribution in [3.8, 4) is 0 Å². The first-order valence-electron chi connectivity index (χ1n) is 8.91. The Morgan fingerprint density at radius 3 is 2.35 bits per heavy atom. The largest absolute Gasteiger partial charge is 0.334 e. The fourth-order valence-electron chi connectivity index (χ4n) is 2.78. The van der Waals surface area contributed by atoms with E-state index in [-0.39, 0.29) is 5.41 Å². The van der Waals surface area contributed by atoms with Crippen LogP contribution in [-0.2, 0) is 21.4 Å².